The Morgan fingerprint density at radius 1 is 1.67 bits per heavy atom. The lowest BCUT2D eigenvalue weighted by atomic mass is 10.1. The lowest BCUT2D eigenvalue weighted by molar-refractivity contribution is -0.124. The molecule has 0 aliphatic carbocycles. The largest absolute Gasteiger partial charge is 0.396 e. The smallest absolute Gasteiger partial charge is 0.223 e. The van der Waals surface area contributed by atoms with Crippen LogP contribution in [0.4, 0.5) is 0 Å². The highest BCUT2D eigenvalue weighted by molar-refractivity contribution is 7.99. The second-order valence-corrected chi connectivity index (χ2v) is 4.08. The molecule has 12 heavy (non-hydrogen) atoms. The first-order valence-electron chi connectivity index (χ1n) is 4.31. The zero-order valence-corrected chi connectivity index (χ0v) is 7.90. The molecule has 70 valence electrons. The Balaban J connectivity index is 2.10. The summed E-state index contributed by atoms with van der Waals surface area (Å²) in [5, 5.41) is 11.3. The van der Waals surface area contributed by atoms with Crippen LogP contribution in [0.25, 0.3) is 0 Å². The van der Waals surface area contributed by atoms with Crippen molar-refractivity contribution in [2.75, 3.05) is 24.7 Å². The molecule has 2 N–H and O–H groups in total. The van der Waals surface area contributed by atoms with Crippen molar-refractivity contribution in [3.63, 3.8) is 0 Å². The molecular weight excluding hydrogens is 174 g/mol. The van der Waals surface area contributed by atoms with Crippen LogP contribution in [-0.2, 0) is 4.79 Å². The average molecular weight is 189 g/mol. The summed E-state index contributed by atoms with van der Waals surface area (Å²) < 4.78 is 0. The van der Waals surface area contributed by atoms with Crippen LogP contribution < -0.4 is 5.32 Å². The number of carbonyl (C=O) groups is 1. The van der Waals surface area contributed by atoms with E-state index in [2.05, 4.69) is 5.32 Å². The van der Waals surface area contributed by atoms with Gasteiger partial charge in [0.25, 0.3) is 0 Å². The van der Waals surface area contributed by atoms with E-state index in [0.29, 0.717) is 13.0 Å². The van der Waals surface area contributed by atoms with Crippen molar-refractivity contribution >= 4 is 17.7 Å². The SMILES string of the molecule is O=C(NCCCO)C1CCSC1. The monoisotopic (exact) mass is 189 g/mol. The molecule has 1 heterocycles. The molecule has 0 radical (unpaired) electrons. The number of aliphatic hydroxyl groups is 1. The number of rotatable bonds is 4. The number of hydrogen-bond acceptors (Lipinski definition) is 3. The van der Waals surface area contributed by atoms with E-state index in [9.17, 15) is 4.79 Å². The highest BCUT2D eigenvalue weighted by atomic mass is 32.2. The van der Waals surface area contributed by atoms with Crippen LogP contribution in [0.3, 0.4) is 0 Å². The van der Waals surface area contributed by atoms with E-state index >= 15 is 0 Å². The van der Waals surface area contributed by atoms with Crippen LogP contribution in [0.5, 0.6) is 0 Å². The molecule has 0 spiro atoms. The van der Waals surface area contributed by atoms with Crippen molar-refractivity contribution in [1.29, 1.82) is 0 Å². The average Bonchev–Trinajstić information content (AvgIpc) is 2.56. The maximum Gasteiger partial charge on any atom is 0.223 e. The summed E-state index contributed by atoms with van der Waals surface area (Å²) in [6, 6.07) is 0. The predicted octanol–water partition coefficient (Wildman–Crippen LogP) is 0.238. The highest BCUT2D eigenvalue weighted by Crippen LogP contribution is 2.23. The van der Waals surface area contributed by atoms with Crippen LogP contribution in [0.1, 0.15) is 12.8 Å². The molecule has 0 aromatic rings. The van der Waals surface area contributed by atoms with E-state index in [1.165, 1.54) is 0 Å². The fourth-order valence-electron chi connectivity index (χ4n) is 1.18. The summed E-state index contributed by atoms with van der Waals surface area (Å²) in [5.41, 5.74) is 0. The van der Waals surface area contributed by atoms with Crippen LogP contribution in [-0.4, -0.2) is 35.7 Å². The molecule has 0 aromatic heterocycles. The number of hydrogen-bond donors (Lipinski definition) is 2. The third kappa shape index (κ3) is 3.03. The van der Waals surface area contributed by atoms with E-state index in [4.69, 9.17) is 5.11 Å². The summed E-state index contributed by atoms with van der Waals surface area (Å²) >= 11 is 1.84. The first kappa shape index (κ1) is 9.86. The first-order chi connectivity index (χ1) is 5.84. The minimum absolute atomic E-state index is 0.152. The Morgan fingerprint density at radius 2 is 2.50 bits per heavy atom. The molecule has 0 saturated carbocycles. The summed E-state index contributed by atoms with van der Waals surface area (Å²) in [7, 11) is 0. The van der Waals surface area contributed by atoms with E-state index in [0.717, 1.165) is 17.9 Å². The van der Waals surface area contributed by atoms with Gasteiger partial charge in [0.1, 0.15) is 0 Å². The van der Waals surface area contributed by atoms with Gasteiger partial charge in [-0.3, -0.25) is 4.79 Å². The van der Waals surface area contributed by atoms with Gasteiger partial charge in [-0.1, -0.05) is 0 Å². The summed E-state index contributed by atoms with van der Waals surface area (Å²) in [6.07, 6.45) is 1.67. The molecule has 4 heteroatoms. The molecule has 0 bridgehead atoms. The van der Waals surface area contributed by atoms with Crippen molar-refractivity contribution in [2.24, 2.45) is 5.92 Å². The number of amides is 1. The van der Waals surface area contributed by atoms with Gasteiger partial charge in [0.2, 0.25) is 5.91 Å². The minimum atomic E-state index is 0.152. The van der Waals surface area contributed by atoms with Gasteiger partial charge in [0, 0.05) is 24.8 Å². The molecule has 1 rings (SSSR count). The van der Waals surface area contributed by atoms with Gasteiger partial charge in [-0.25, -0.2) is 0 Å². The van der Waals surface area contributed by atoms with E-state index in [-0.39, 0.29) is 18.4 Å². The summed E-state index contributed by atoms with van der Waals surface area (Å²) in [4.78, 5) is 11.3. The molecule has 1 unspecified atom stereocenters. The Kier molecular flexibility index (Phi) is 4.46. The second-order valence-electron chi connectivity index (χ2n) is 2.93. The van der Waals surface area contributed by atoms with E-state index < -0.39 is 0 Å². The van der Waals surface area contributed by atoms with Gasteiger partial charge >= 0.3 is 0 Å². The normalized spacial score (nSPS) is 22.6. The maximum atomic E-state index is 11.3. The van der Waals surface area contributed by atoms with Crippen LogP contribution in [0.2, 0.25) is 0 Å². The van der Waals surface area contributed by atoms with Gasteiger partial charge in [0.15, 0.2) is 0 Å². The molecule has 1 fully saturated rings. The molecule has 1 aliphatic heterocycles. The zero-order chi connectivity index (χ0) is 8.81. The van der Waals surface area contributed by atoms with Crippen LogP contribution in [0, 0.1) is 5.92 Å². The van der Waals surface area contributed by atoms with Crippen LogP contribution >= 0.6 is 11.8 Å². The maximum absolute atomic E-state index is 11.3. The van der Waals surface area contributed by atoms with Gasteiger partial charge in [-0.15, -0.1) is 0 Å². The van der Waals surface area contributed by atoms with Crippen molar-refractivity contribution in [3.8, 4) is 0 Å². The molecule has 1 aliphatic rings. The fourth-order valence-corrected chi connectivity index (χ4v) is 2.40. The standard InChI is InChI=1S/C8H15NO2S/c10-4-1-3-9-8(11)7-2-5-12-6-7/h7,10H,1-6H2,(H,9,11). The van der Waals surface area contributed by atoms with Gasteiger partial charge in [-0.2, -0.15) is 11.8 Å². The summed E-state index contributed by atoms with van der Waals surface area (Å²) in [6.45, 7) is 0.760. The zero-order valence-electron chi connectivity index (χ0n) is 7.08. The minimum Gasteiger partial charge on any atom is -0.396 e. The molecule has 1 saturated heterocycles. The first-order valence-corrected chi connectivity index (χ1v) is 5.46. The number of carbonyl (C=O) groups excluding carboxylic acids is 1. The number of thioether (sulfide) groups is 1. The van der Waals surface area contributed by atoms with E-state index in [1.807, 2.05) is 11.8 Å². The van der Waals surface area contributed by atoms with Crippen molar-refractivity contribution in [2.45, 2.75) is 12.8 Å². The van der Waals surface area contributed by atoms with Crippen molar-refractivity contribution in [1.82, 2.24) is 5.32 Å². The van der Waals surface area contributed by atoms with Crippen molar-refractivity contribution < 1.29 is 9.90 Å². The van der Waals surface area contributed by atoms with Crippen molar-refractivity contribution in [3.05, 3.63) is 0 Å². The second kappa shape index (κ2) is 5.43. The lowest BCUT2D eigenvalue weighted by Gasteiger charge is -2.08. The van der Waals surface area contributed by atoms with Gasteiger partial charge in [-0.05, 0) is 18.6 Å². The Labute approximate surface area is 76.9 Å². The number of aliphatic hydroxyl groups excluding tert-OH is 1. The Bertz CT molecular complexity index is 146. The molecule has 1 amide bonds. The third-order valence-electron chi connectivity index (χ3n) is 1.93. The quantitative estimate of drug-likeness (QED) is 0.623. The molecule has 0 aromatic carbocycles. The third-order valence-corrected chi connectivity index (χ3v) is 3.10. The van der Waals surface area contributed by atoms with Gasteiger partial charge < -0.3 is 10.4 Å². The molecular formula is C8H15NO2S. The lowest BCUT2D eigenvalue weighted by Crippen LogP contribution is -2.31. The highest BCUT2D eigenvalue weighted by Gasteiger charge is 2.22. The fraction of sp³-hybridized carbons (Fsp3) is 0.875. The molecule has 1 atom stereocenters. The predicted molar refractivity (Wildman–Crippen MR) is 50.1 cm³/mol. The van der Waals surface area contributed by atoms with E-state index in [1.54, 1.807) is 0 Å². The molecule has 3 nitrogen and oxygen atoms in total. The Morgan fingerprint density at radius 3 is 3.08 bits per heavy atom. The summed E-state index contributed by atoms with van der Waals surface area (Å²) in [5.74, 6) is 2.45. The Hall–Kier alpha value is -0.220. The van der Waals surface area contributed by atoms with Gasteiger partial charge in [0.05, 0.1) is 0 Å². The topological polar surface area (TPSA) is 49.3 Å². The van der Waals surface area contributed by atoms with Crippen LogP contribution in [0.15, 0.2) is 0 Å². The number of nitrogens with one attached hydrogen (secondary N) is 1.